The first kappa shape index (κ1) is 13.3. The van der Waals surface area contributed by atoms with Crippen molar-refractivity contribution in [3.8, 4) is 11.1 Å². The van der Waals surface area contributed by atoms with Crippen molar-refractivity contribution in [3.63, 3.8) is 0 Å². The fourth-order valence-corrected chi connectivity index (χ4v) is 2.96. The summed E-state index contributed by atoms with van der Waals surface area (Å²) in [5.41, 5.74) is 2.50. The lowest BCUT2D eigenvalue weighted by atomic mass is 10.1. The van der Waals surface area contributed by atoms with E-state index in [2.05, 4.69) is 73.3 Å². The molecule has 0 fully saturated rings. The van der Waals surface area contributed by atoms with Crippen LogP contribution in [-0.4, -0.2) is 0 Å². The Bertz CT molecular complexity index is 671. The summed E-state index contributed by atoms with van der Waals surface area (Å²) in [5.74, 6) is 0. The van der Waals surface area contributed by atoms with Gasteiger partial charge in [0.1, 0.15) is 0 Å². The van der Waals surface area contributed by atoms with Crippen LogP contribution < -0.4 is 0 Å². The minimum absolute atomic E-state index is 0.994. The highest BCUT2D eigenvalue weighted by atomic mass is 32.2. The molecular formula is C18H14S2. The molecule has 0 aliphatic carbocycles. The number of hydrogen-bond donors (Lipinski definition) is 1. The zero-order valence-electron chi connectivity index (χ0n) is 10.9. The molecule has 0 saturated heterocycles. The van der Waals surface area contributed by atoms with Crippen molar-refractivity contribution in [2.24, 2.45) is 0 Å². The van der Waals surface area contributed by atoms with E-state index in [1.807, 2.05) is 18.2 Å². The van der Waals surface area contributed by atoms with Crippen LogP contribution >= 0.6 is 24.4 Å². The molecule has 0 aliphatic heterocycles. The van der Waals surface area contributed by atoms with Crippen LogP contribution in [-0.2, 0) is 0 Å². The molecule has 98 valence electrons. The van der Waals surface area contributed by atoms with Crippen LogP contribution in [0.4, 0.5) is 0 Å². The molecule has 0 atom stereocenters. The molecule has 0 radical (unpaired) electrons. The Morgan fingerprint density at radius 1 is 0.550 bits per heavy atom. The number of hydrogen-bond acceptors (Lipinski definition) is 2. The third kappa shape index (κ3) is 3.27. The van der Waals surface area contributed by atoms with Crippen LogP contribution in [0.5, 0.6) is 0 Å². The van der Waals surface area contributed by atoms with Gasteiger partial charge in [-0.3, -0.25) is 0 Å². The van der Waals surface area contributed by atoms with Crippen molar-refractivity contribution in [1.29, 1.82) is 0 Å². The SMILES string of the molecule is Sc1ccc(Sc2ccc(-c3ccccc3)cc2)cc1. The summed E-state index contributed by atoms with van der Waals surface area (Å²) in [4.78, 5) is 3.47. The summed E-state index contributed by atoms with van der Waals surface area (Å²) in [6.45, 7) is 0. The molecule has 0 saturated carbocycles. The van der Waals surface area contributed by atoms with Gasteiger partial charge in [-0.25, -0.2) is 0 Å². The van der Waals surface area contributed by atoms with E-state index < -0.39 is 0 Å². The first-order valence-corrected chi connectivity index (χ1v) is 7.70. The molecule has 0 heterocycles. The Balaban J connectivity index is 1.78. The maximum Gasteiger partial charge on any atom is 0.0123 e. The predicted octanol–water partition coefficient (Wildman–Crippen LogP) is 5.79. The standard InChI is InChI=1S/C18H14S2/c19-16-8-12-18(13-9-16)20-17-10-6-15(7-11-17)14-4-2-1-3-5-14/h1-13,19H. The van der Waals surface area contributed by atoms with Crippen LogP contribution in [0, 0.1) is 0 Å². The summed E-state index contributed by atoms with van der Waals surface area (Å²) in [5, 5.41) is 0. The summed E-state index contributed by atoms with van der Waals surface area (Å²) in [6.07, 6.45) is 0. The summed E-state index contributed by atoms with van der Waals surface area (Å²) >= 11 is 6.07. The topological polar surface area (TPSA) is 0 Å². The highest BCUT2D eigenvalue weighted by molar-refractivity contribution is 7.99. The van der Waals surface area contributed by atoms with E-state index in [9.17, 15) is 0 Å². The molecule has 3 aromatic rings. The quantitative estimate of drug-likeness (QED) is 0.596. The molecule has 20 heavy (non-hydrogen) atoms. The van der Waals surface area contributed by atoms with E-state index in [-0.39, 0.29) is 0 Å². The fourth-order valence-electron chi connectivity index (χ4n) is 2.00. The number of thiol groups is 1. The second-order valence-electron chi connectivity index (χ2n) is 4.49. The second kappa shape index (κ2) is 6.21. The molecule has 0 N–H and O–H groups in total. The Labute approximate surface area is 129 Å². The van der Waals surface area contributed by atoms with E-state index in [0.717, 1.165) is 4.90 Å². The maximum absolute atomic E-state index is 4.30. The van der Waals surface area contributed by atoms with Crippen LogP contribution in [0.1, 0.15) is 0 Å². The van der Waals surface area contributed by atoms with Crippen molar-refractivity contribution < 1.29 is 0 Å². The molecular weight excluding hydrogens is 280 g/mol. The minimum atomic E-state index is 0.994. The summed E-state index contributed by atoms with van der Waals surface area (Å²) in [7, 11) is 0. The van der Waals surface area contributed by atoms with E-state index in [1.165, 1.54) is 20.9 Å². The van der Waals surface area contributed by atoms with E-state index in [4.69, 9.17) is 0 Å². The minimum Gasteiger partial charge on any atom is -0.143 e. The molecule has 0 bridgehead atoms. The summed E-state index contributed by atoms with van der Waals surface area (Å²) < 4.78 is 0. The van der Waals surface area contributed by atoms with E-state index >= 15 is 0 Å². The van der Waals surface area contributed by atoms with Gasteiger partial charge in [-0.1, -0.05) is 54.2 Å². The van der Waals surface area contributed by atoms with Crippen LogP contribution in [0.25, 0.3) is 11.1 Å². The lowest BCUT2D eigenvalue weighted by Crippen LogP contribution is -1.78. The molecule has 0 aromatic heterocycles. The van der Waals surface area contributed by atoms with Gasteiger partial charge < -0.3 is 0 Å². The lowest BCUT2D eigenvalue weighted by molar-refractivity contribution is 1.34. The van der Waals surface area contributed by atoms with Crippen molar-refractivity contribution in [2.45, 2.75) is 14.7 Å². The molecule has 0 nitrogen and oxygen atoms in total. The normalized spacial score (nSPS) is 10.4. The highest BCUT2D eigenvalue weighted by Gasteiger charge is 1.99. The van der Waals surface area contributed by atoms with E-state index in [1.54, 1.807) is 11.8 Å². The van der Waals surface area contributed by atoms with Crippen molar-refractivity contribution in [1.82, 2.24) is 0 Å². The third-order valence-electron chi connectivity index (χ3n) is 3.03. The van der Waals surface area contributed by atoms with E-state index in [0.29, 0.717) is 0 Å². The first-order valence-electron chi connectivity index (χ1n) is 6.44. The molecule has 0 aliphatic rings. The maximum atomic E-state index is 4.30. The highest BCUT2D eigenvalue weighted by Crippen LogP contribution is 2.30. The monoisotopic (exact) mass is 294 g/mol. The van der Waals surface area contributed by atoms with Gasteiger partial charge in [-0.05, 0) is 47.5 Å². The second-order valence-corrected chi connectivity index (χ2v) is 6.15. The molecule has 2 heteroatoms. The molecule has 3 rings (SSSR count). The predicted molar refractivity (Wildman–Crippen MR) is 89.7 cm³/mol. The van der Waals surface area contributed by atoms with Gasteiger partial charge in [-0.2, -0.15) is 0 Å². The lowest BCUT2D eigenvalue weighted by Gasteiger charge is -2.05. The van der Waals surface area contributed by atoms with Gasteiger partial charge in [-0.15, -0.1) is 12.6 Å². The Kier molecular flexibility index (Phi) is 4.14. The Morgan fingerprint density at radius 2 is 1.05 bits per heavy atom. The van der Waals surface area contributed by atoms with Gasteiger partial charge >= 0.3 is 0 Å². The molecule has 0 spiro atoms. The average molecular weight is 294 g/mol. The van der Waals surface area contributed by atoms with Crippen LogP contribution in [0.15, 0.2) is 93.5 Å². The van der Waals surface area contributed by atoms with Crippen LogP contribution in [0.3, 0.4) is 0 Å². The molecule has 0 unspecified atom stereocenters. The zero-order valence-corrected chi connectivity index (χ0v) is 12.6. The number of benzene rings is 3. The molecule has 3 aromatic carbocycles. The van der Waals surface area contributed by atoms with Gasteiger partial charge in [0.05, 0.1) is 0 Å². The molecule has 0 amide bonds. The van der Waals surface area contributed by atoms with Gasteiger partial charge in [0.25, 0.3) is 0 Å². The Morgan fingerprint density at radius 3 is 1.65 bits per heavy atom. The fraction of sp³-hybridized carbons (Fsp3) is 0. The average Bonchev–Trinajstić information content (AvgIpc) is 2.51. The van der Waals surface area contributed by atoms with Gasteiger partial charge in [0.15, 0.2) is 0 Å². The summed E-state index contributed by atoms with van der Waals surface area (Å²) in [6, 6.07) is 27.3. The van der Waals surface area contributed by atoms with Crippen molar-refractivity contribution >= 4 is 24.4 Å². The van der Waals surface area contributed by atoms with Gasteiger partial charge in [0.2, 0.25) is 0 Å². The largest absolute Gasteiger partial charge is 0.143 e. The number of rotatable bonds is 3. The smallest absolute Gasteiger partial charge is 0.0123 e. The Hall–Kier alpha value is -1.64. The van der Waals surface area contributed by atoms with Crippen molar-refractivity contribution in [3.05, 3.63) is 78.9 Å². The first-order chi connectivity index (χ1) is 9.81. The van der Waals surface area contributed by atoms with Crippen LogP contribution in [0.2, 0.25) is 0 Å². The zero-order chi connectivity index (χ0) is 13.8. The third-order valence-corrected chi connectivity index (χ3v) is 4.35. The van der Waals surface area contributed by atoms with Gasteiger partial charge in [0, 0.05) is 14.7 Å². The van der Waals surface area contributed by atoms with Crippen molar-refractivity contribution in [2.75, 3.05) is 0 Å².